The van der Waals surface area contributed by atoms with Crippen LogP contribution in [0.1, 0.15) is 36.4 Å². The van der Waals surface area contributed by atoms with Gasteiger partial charge in [-0.1, -0.05) is 18.5 Å². The molecule has 2 heterocycles. The number of hydrogen-bond donors (Lipinski definition) is 1. The number of rotatable bonds is 8. The van der Waals surface area contributed by atoms with E-state index in [9.17, 15) is 0 Å². The molecule has 6 heteroatoms. The molecule has 0 aliphatic carbocycles. The summed E-state index contributed by atoms with van der Waals surface area (Å²) in [6, 6.07) is 1.85. The van der Waals surface area contributed by atoms with Crippen LogP contribution in [-0.2, 0) is 11.3 Å². The second-order valence-corrected chi connectivity index (χ2v) is 5.36. The molecule has 116 valence electrons. The van der Waals surface area contributed by atoms with Gasteiger partial charge in [-0.05, 0) is 31.5 Å². The summed E-state index contributed by atoms with van der Waals surface area (Å²) in [5.74, 6) is 0.879. The first kappa shape index (κ1) is 16.1. The van der Waals surface area contributed by atoms with Gasteiger partial charge in [0, 0.05) is 7.11 Å². The molecular formula is C15H22ClN3O2. The van der Waals surface area contributed by atoms with Gasteiger partial charge in [0.05, 0.1) is 36.3 Å². The third-order valence-corrected chi connectivity index (χ3v) is 3.67. The predicted molar refractivity (Wildman–Crippen MR) is 82.7 cm³/mol. The quantitative estimate of drug-likeness (QED) is 0.813. The van der Waals surface area contributed by atoms with Gasteiger partial charge in [-0.3, -0.25) is 4.68 Å². The van der Waals surface area contributed by atoms with Crippen LogP contribution < -0.4 is 5.32 Å². The van der Waals surface area contributed by atoms with Crippen molar-refractivity contribution >= 4 is 11.6 Å². The SMILES string of the molecule is CCCNC(c1occc1C)c1c(Cl)cnn1CCOC. The average Bonchev–Trinajstić information content (AvgIpc) is 3.05. The van der Waals surface area contributed by atoms with Crippen LogP contribution in [0.3, 0.4) is 0 Å². The van der Waals surface area contributed by atoms with E-state index in [4.69, 9.17) is 20.8 Å². The summed E-state index contributed by atoms with van der Waals surface area (Å²) in [6.07, 6.45) is 4.40. The highest BCUT2D eigenvalue weighted by atomic mass is 35.5. The molecular weight excluding hydrogens is 290 g/mol. The van der Waals surface area contributed by atoms with Crippen LogP contribution in [0.15, 0.2) is 22.9 Å². The van der Waals surface area contributed by atoms with E-state index in [0.717, 1.165) is 30.0 Å². The molecule has 2 rings (SSSR count). The zero-order valence-electron chi connectivity index (χ0n) is 12.7. The number of nitrogens with one attached hydrogen (secondary N) is 1. The lowest BCUT2D eigenvalue weighted by Crippen LogP contribution is -2.27. The molecule has 0 aliphatic heterocycles. The summed E-state index contributed by atoms with van der Waals surface area (Å²) >= 11 is 6.36. The zero-order chi connectivity index (χ0) is 15.2. The second-order valence-electron chi connectivity index (χ2n) is 4.95. The van der Waals surface area contributed by atoms with Crippen LogP contribution >= 0.6 is 11.6 Å². The van der Waals surface area contributed by atoms with Crippen LogP contribution in [0.5, 0.6) is 0 Å². The Morgan fingerprint density at radius 1 is 1.52 bits per heavy atom. The van der Waals surface area contributed by atoms with E-state index >= 15 is 0 Å². The molecule has 0 aliphatic rings. The normalized spacial score (nSPS) is 12.8. The van der Waals surface area contributed by atoms with E-state index in [-0.39, 0.29) is 6.04 Å². The van der Waals surface area contributed by atoms with Crippen molar-refractivity contribution < 1.29 is 9.15 Å². The Labute approximate surface area is 130 Å². The molecule has 2 aromatic heterocycles. The van der Waals surface area contributed by atoms with Crippen molar-refractivity contribution in [2.75, 3.05) is 20.3 Å². The van der Waals surface area contributed by atoms with E-state index in [1.54, 1.807) is 19.6 Å². The summed E-state index contributed by atoms with van der Waals surface area (Å²) in [5.41, 5.74) is 2.01. The molecule has 2 aromatic rings. The molecule has 0 saturated heterocycles. The lowest BCUT2D eigenvalue weighted by atomic mass is 10.1. The minimum Gasteiger partial charge on any atom is -0.467 e. The van der Waals surface area contributed by atoms with Crippen LogP contribution in [0, 0.1) is 6.92 Å². The first-order valence-electron chi connectivity index (χ1n) is 7.16. The molecule has 0 saturated carbocycles. The van der Waals surface area contributed by atoms with Crippen LogP contribution in [0.4, 0.5) is 0 Å². The van der Waals surface area contributed by atoms with E-state index in [0.29, 0.717) is 18.2 Å². The molecule has 0 radical (unpaired) electrons. The fourth-order valence-corrected chi connectivity index (χ4v) is 2.55. The number of methoxy groups -OCH3 is 1. The topological polar surface area (TPSA) is 52.2 Å². The van der Waals surface area contributed by atoms with Crippen molar-refractivity contribution in [2.45, 2.75) is 32.9 Å². The zero-order valence-corrected chi connectivity index (χ0v) is 13.5. The maximum atomic E-state index is 6.36. The number of aryl methyl sites for hydroxylation is 1. The van der Waals surface area contributed by atoms with Gasteiger partial charge >= 0.3 is 0 Å². The molecule has 0 spiro atoms. The Morgan fingerprint density at radius 3 is 2.95 bits per heavy atom. The Morgan fingerprint density at radius 2 is 2.33 bits per heavy atom. The highest BCUT2D eigenvalue weighted by Gasteiger charge is 2.25. The number of nitrogens with zero attached hydrogens (tertiary/aromatic N) is 2. The van der Waals surface area contributed by atoms with Gasteiger partial charge in [0.2, 0.25) is 0 Å². The standard InChI is InChI=1S/C15H22ClN3O2/c1-4-6-17-13(15-11(2)5-8-21-15)14-12(16)10-18-19(14)7-9-20-3/h5,8,10,13,17H,4,6-7,9H2,1-3H3. The lowest BCUT2D eigenvalue weighted by molar-refractivity contribution is 0.181. The molecule has 1 unspecified atom stereocenters. The van der Waals surface area contributed by atoms with E-state index in [2.05, 4.69) is 17.3 Å². The monoisotopic (exact) mass is 311 g/mol. The van der Waals surface area contributed by atoms with Gasteiger partial charge in [-0.15, -0.1) is 0 Å². The fourth-order valence-electron chi connectivity index (χ4n) is 2.30. The Bertz CT molecular complexity index is 565. The number of furan rings is 1. The maximum absolute atomic E-state index is 6.36. The largest absolute Gasteiger partial charge is 0.467 e. The average molecular weight is 312 g/mol. The van der Waals surface area contributed by atoms with Crippen molar-refractivity contribution in [2.24, 2.45) is 0 Å². The third-order valence-electron chi connectivity index (χ3n) is 3.38. The third kappa shape index (κ3) is 3.67. The molecule has 0 amide bonds. The van der Waals surface area contributed by atoms with Crippen molar-refractivity contribution in [3.63, 3.8) is 0 Å². The van der Waals surface area contributed by atoms with Crippen molar-refractivity contribution in [3.8, 4) is 0 Å². The van der Waals surface area contributed by atoms with Crippen molar-refractivity contribution in [1.82, 2.24) is 15.1 Å². The van der Waals surface area contributed by atoms with Gasteiger partial charge in [0.1, 0.15) is 11.8 Å². The highest BCUT2D eigenvalue weighted by Crippen LogP contribution is 2.30. The molecule has 21 heavy (non-hydrogen) atoms. The summed E-state index contributed by atoms with van der Waals surface area (Å²) in [7, 11) is 1.67. The Hall–Kier alpha value is -1.30. The van der Waals surface area contributed by atoms with Gasteiger partial charge in [0.25, 0.3) is 0 Å². The van der Waals surface area contributed by atoms with Crippen molar-refractivity contribution in [3.05, 3.63) is 40.6 Å². The Balaban J connectivity index is 2.36. The van der Waals surface area contributed by atoms with Crippen LogP contribution in [0.2, 0.25) is 5.02 Å². The smallest absolute Gasteiger partial charge is 0.129 e. The van der Waals surface area contributed by atoms with Gasteiger partial charge in [-0.25, -0.2) is 0 Å². The first-order chi connectivity index (χ1) is 10.2. The number of ether oxygens (including phenoxy) is 1. The van der Waals surface area contributed by atoms with E-state index in [1.807, 2.05) is 17.7 Å². The predicted octanol–water partition coefficient (Wildman–Crippen LogP) is 3.17. The van der Waals surface area contributed by atoms with Gasteiger partial charge < -0.3 is 14.5 Å². The highest BCUT2D eigenvalue weighted by molar-refractivity contribution is 6.31. The van der Waals surface area contributed by atoms with Crippen LogP contribution in [0.25, 0.3) is 0 Å². The van der Waals surface area contributed by atoms with E-state index in [1.165, 1.54) is 0 Å². The van der Waals surface area contributed by atoms with Crippen LogP contribution in [-0.4, -0.2) is 30.0 Å². The molecule has 0 fully saturated rings. The summed E-state index contributed by atoms with van der Waals surface area (Å²) in [4.78, 5) is 0. The summed E-state index contributed by atoms with van der Waals surface area (Å²) < 4.78 is 12.7. The minimum absolute atomic E-state index is 0.105. The number of halogens is 1. The summed E-state index contributed by atoms with van der Waals surface area (Å²) in [6.45, 7) is 6.27. The fraction of sp³-hybridized carbons (Fsp3) is 0.533. The van der Waals surface area contributed by atoms with Crippen molar-refractivity contribution in [1.29, 1.82) is 0 Å². The molecule has 5 nitrogen and oxygen atoms in total. The van der Waals surface area contributed by atoms with Gasteiger partial charge in [0.15, 0.2) is 0 Å². The van der Waals surface area contributed by atoms with E-state index < -0.39 is 0 Å². The molecule has 0 bridgehead atoms. The van der Waals surface area contributed by atoms with Gasteiger partial charge in [-0.2, -0.15) is 5.10 Å². The lowest BCUT2D eigenvalue weighted by Gasteiger charge is -2.19. The second kappa shape index (κ2) is 7.64. The Kier molecular flexibility index (Phi) is 5.85. The molecule has 1 N–H and O–H groups in total. The maximum Gasteiger partial charge on any atom is 0.129 e. The number of aromatic nitrogens is 2. The molecule has 1 atom stereocenters. The summed E-state index contributed by atoms with van der Waals surface area (Å²) in [5, 5.41) is 8.47. The minimum atomic E-state index is -0.105. The first-order valence-corrected chi connectivity index (χ1v) is 7.54. The number of hydrogen-bond acceptors (Lipinski definition) is 4. The molecule has 0 aromatic carbocycles.